The summed E-state index contributed by atoms with van der Waals surface area (Å²) in [6.45, 7) is 5.66. The zero-order valence-corrected chi connectivity index (χ0v) is 14.4. The van der Waals surface area contributed by atoms with E-state index in [4.69, 9.17) is 21.1 Å². The quantitative estimate of drug-likeness (QED) is 0.883. The molecule has 0 bridgehead atoms. The van der Waals surface area contributed by atoms with E-state index in [2.05, 4.69) is 5.32 Å². The molecule has 0 heterocycles. The SMILES string of the molecule is COc1ccc(Cl)cc1NC(=O)[C@@H](C)Oc1ccc(C)cc1C. The van der Waals surface area contributed by atoms with Gasteiger partial charge in [-0.2, -0.15) is 0 Å². The number of hydrogen-bond acceptors (Lipinski definition) is 3. The van der Waals surface area contributed by atoms with Crippen molar-refractivity contribution in [1.29, 1.82) is 0 Å². The van der Waals surface area contributed by atoms with Gasteiger partial charge in [-0.15, -0.1) is 0 Å². The van der Waals surface area contributed by atoms with Crippen LogP contribution in [0.2, 0.25) is 5.02 Å². The summed E-state index contributed by atoms with van der Waals surface area (Å²) in [7, 11) is 1.54. The maximum Gasteiger partial charge on any atom is 0.265 e. The van der Waals surface area contributed by atoms with Crippen molar-refractivity contribution in [1.82, 2.24) is 0 Å². The molecule has 0 saturated heterocycles. The lowest BCUT2D eigenvalue weighted by Crippen LogP contribution is -2.30. The Hall–Kier alpha value is -2.20. The summed E-state index contributed by atoms with van der Waals surface area (Å²) in [6, 6.07) is 10.9. The summed E-state index contributed by atoms with van der Waals surface area (Å²) in [4.78, 5) is 12.3. The first-order valence-corrected chi connectivity index (χ1v) is 7.67. The normalized spacial score (nSPS) is 11.7. The zero-order valence-electron chi connectivity index (χ0n) is 13.6. The molecule has 0 radical (unpaired) electrons. The van der Waals surface area contributed by atoms with Crippen LogP contribution < -0.4 is 14.8 Å². The molecule has 0 saturated carbocycles. The fourth-order valence-electron chi connectivity index (χ4n) is 2.19. The van der Waals surface area contributed by atoms with Crippen molar-refractivity contribution in [3.8, 4) is 11.5 Å². The molecular weight excluding hydrogens is 314 g/mol. The molecule has 0 aliphatic rings. The lowest BCUT2D eigenvalue weighted by molar-refractivity contribution is -0.122. The molecule has 1 amide bonds. The number of rotatable bonds is 5. The topological polar surface area (TPSA) is 47.6 Å². The maximum absolute atomic E-state index is 12.3. The highest BCUT2D eigenvalue weighted by Gasteiger charge is 2.17. The van der Waals surface area contributed by atoms with Crippen molar-refractivity contribution < 1.29 is 14.3 Å². The van der Waals surface area contributed by atoms with Crippen molar-refractivity contribution >= 4 is 23.2 Å². The van der Waals surface area contributed by atoms with Gasteiger partial charge in [0, 0.05) is 5.02 Å². The van der Waals surface area contributed by atoms with Crippen LogP contribution in [0.1, 0.15) is 18.1 Å². The lowest BCUT2D eigenvalue weighted by Gasteiger charge is -2.17. The highest BCUT2D eigenvalue weighted by molar-refractivity contribution is 6.31. The van der Waals surface area contributed by atoms with Crippen LogP contribution in [-0.4, -0.2) is 19.1 Å². The van der Waals surface area contributed by atoms with Gasteiger partial charge >= 0.3 is 0 Å². The number of aryl methyl sites for hydroxylation is 2. The van der Waals surface area contributed by atoms with E-state index in [-0.39, 0.29) is 5.91 Å². The molecule has 0 spiro atoms. The summed E-state index contributed by atoms with van der Waals surface area (Å²) in [5, 5.41) is 3.30. The Morgan fingerprint density at radius 2 is 1.83 bits per heavy atom. The Bertz CT molecular complexity index is 715. The zero-order chi connectivity index (χ0) is 17.0. The Kier molecular flexibility index (Phi) is 5.50. The van der Waals surface area contributed by atoms with Crippen LogP contribution in [0, 0.1) is 13.8 Å². The molecule has 1 atom stereocenters. The average molecular weight is 334 g/mol. The Labute approximate surface area is 141 Å². The molecule has 0 aliphatic carbocycles. The largest absolute Gasteiger partial charge is 0.495 e. The number of anilines is 1. The Morgan fingerprint density at radius 3 is 2.48 bits per heavy atom. The van der Waals surface area contributed by atoms with Gasteiger partial charge in [-0.05, 0) is 50.6 Å². The van der Waals surface area contributed by atoms with Gasteiger partial charge in [-0.1, -0.05) is 29.3 Å². The number of carbonyl (C=O) groups excluding carboxylic acids is 1. The van der Waals surface area contributed by atoms with E-state index in [0.29, 0.717) is 22.2 Å². The Morgan fingerprint density at radius 1 is 1.13 bits per heavy atom. The number of halogens is 1. The number of hydrogen-bond donors (Lipinski definition) is 1. The number of methoxy groups -OCH3 is 1. The maximum atomic E-state index is 12.3. The third-order valence-electron chi connectivity index (χ3n) is 3.42. The molecule has 122 valence electrons. The van der Waals surface area contributed by atoms with Crippen LogP contribution in [0.4, 0.5) is 5.69 Å². The van der Waals surface area contributed by atoms with Gasteiger partial charge in [-0.25, -0.2) is 0 Å². The summed E-state index contributed by atoms with van der Waals surface area (Å²) in [6.07, 6.45) is -0.653. The van der Waals surface area contributed by atoms with E-state index in [1.165, 1.54) is 7.11 Å². The molecule has 2 aromatic carbocycles. The average Bonchev–Trinajstić information content (AvgIpc) is 2.50. The predicted octanol–water partition coefficient (Wildman–Crippen LogP) is 4.37. The molecule has 0 aromatic heterocycles. The smallest absolute Gasteiger partial charge is 0.265 e. The van der Waals surface area contributed by atoms with Crippen LogP contribution >= 0.6 is 11.6 Å². The van der Waals surface area contributed by atoms with Crippen molar-refractivity contribution in [2.75, 3.05) is 12.4 Å². The highest BCUT2D eigenvalue weighted by atomic mass is 35.5. The van der Waals surface area contributed by atoms with Gasteiger partial charge in [0.05, 0.1) is 12.8 Å². The molecule has 0 aliphatic heterocycles. The van der Waals surface area contributed by atoms with Crippen LogP contribution in [0.15, 0.2) is 36.4 Å². The van der Waals surface area contributed by atoms with Crippen molar-refractivity contribution in [3.63, 3.8) is 0 Å². The second-order valence-corrected chi connectivity index (χ2v) is 5.80. The van der Waals surface area contributed by atoms with Gasteiger partial charge in [0.1, 0.15) is 11.5 Å². The minimum absolute atomic E-state index is 0.273. The van der Waals surface area contributed by atoms with Gasteiger partial charge < -0.3 is 14.8 Å². The molecule has 0 fully saturated rings. The fourth-order valence-corrected chi connectivity index (χ4v) is 2.36. The Balaban J connectivity index is 2.10. The standard InChI is InChI=1S/C18H20ClNO3/c1-11-5-7-16(12(2)9-11)23-13(3)18(21)20-15-10-14(19)6-8-17(15)22-4/h5-10,13H,1-4H3,(H,20,21)/t13-/m1/s1. The lowest BCUT2D eigenvalue weighted by atomic mass is 10.1. The van der Waals surface area contributed by atoms with E-state index < -0.39 is 6.10 Å². The van der Waals surface area contributed by atoms with Crippen molar-refractivity contribution in [2.45, 2.75) is 26.9 Å². The monoisotopic (exact) mass is 333 g/mol. The van der Waals surface area contributed by atoms with Gasteiger partial charge in [0.2, 0.25) is 0 Å². The summed E-state index contributed by atoms with van der Waals surface area (Å²) >= 11 is 5.96. The van der Waals surface area contributed by atoms with Crippen molar-refractivity contribution in [2.24, 2.45) is 0 Å². The predicted molar refractivity (Wildman–Crippen MR) is 92.6 cm³/mol. The van der Waals surface area contributed by atoms with Crippen LogP contribution in [0.5, 0.6) is 11.5 Å². The number of amides is 1. The van der Waals surface area contributed by atoms with Crippen LogP contribution in [-0.2, 0) is 4.79 Å². The second kappa shape index (κ2) is 7.38. The number of carbonyl (C=O) groups is 1. The highest BCUT2D eigenvalue weighted by Crippen LogP contribution is 2.28. The van der Waals surface area contributed by atoms with Gasteiger partial charge in [-0.3, -0.25) is 4.79 Å². The van der Waals surface area contributed by atoms with Crippen LogP contribution in [0.25, 0.3) is 0 Å². The first-order chi connectivity index (χ1) is 10.9. The van der Waals surface area contributed by atoms with E-state index in [0.717, 1.165) is 11.1 Å². The molecule has 5 heteroatoms. The fraction of sp³-hybridized carbons (Fsp3) is 0.278. The van der Waals surface area contributed by atoms with E-state index in [1.807, 2.05) is 32.0 Å². The molecule has 2 rings (SSSR count). The first kappa shape index (κ1) is 17.2. The molecule has 2 aromatic rings. The van der Waals surface area contributed by atoms with Gasteiger partial charge in [0.15, 0.2) is 6.10 Å². The van der Waals surface area contributed by atoms with E-state index >= 15 is 0 Å². The van der Waals surface area contributed by atoms with E-state index in [9.17, 15) is 4.79 Å². The summed E-state index contributed by atoms with van der Waals surface area (Å²) < 4.78 is 11.0. The molecule has 4 nitrogen and oxygen atoms in total. The molecule has 0 unspecified atom stereocenters. The minimum Gasteiger partial charge on any atom is -0.495 e. The van der Waals surface area contributed by atoms with Crippen LogP contribution in [0.3, 0.4) is 0 Å². The van der Waals surface area contributed by atoms with Gasteiger partial charge in [0.25, 0.3) is 5.91 Å². The summed E-state index contributed by atoms with van der Waals surface area (Å²) in [5.41, 5.74) is 2.65. The van der Waals surface area contributed by atoms with Crippen molar-refractivity contribution in [3.05, 3.63) is 52.5 Å². The third-order valence-corrected chi connectivity index (χ3v) is 3.66. The second-order valence-electron chi connectivity index (χ2n) is 5.36. The number of benzene rings is 2. The first-order valence-electron chi connectivity index (χ1n) is 7.29. The molecule has 1 N–H and O–H groups in total. The third kappa shape index (κ3) is 4.39. The molecular formula is C18H20ClNO3. The minimum atomic E-state index is -0.653. The number of ether oxygens (including phenoxy) is 2. The van der Waals surface area contributed by atoms with E-state index in [1.54, 1.807) is 25.1 Å². The summed E-state index contributed by atoms with van der Waals surface area (Å²) in [5.74, 6) is 0.961. The molecule has 23 heavy (non-hydrogen) atoms. The number of nitrogens with one attached hydrogen (secondary N) is 1.